The van der Waals surface area contributed by atoms with Gasteiger partial charge in [0.05, 0.1) is 5.25 Å². The van der Waals surface area contributed by atoms with Crippen LogP contribution < -0.4 is 16.0 Å². The number of hydrogen-bond donors (Lipinski definition) is 3. The second-order valence-electron chi connectivity index (χ2n) is 9.28. The van der Waals surface area contributed by atoms with Crippen molar-refractivity contribution in [2.75, 3.05) is 10.6 Å². The van der Waals surface area contributed by atoms with Gasteiger partial charge in [0.25, 0.3) is 11.8 Å². The first kappa shape index (κ1) is 29.6. The molecule has 1 unspecified atom stereocenters. The Morgan fingerprint density at radius 2 is 1.54 bits per heavy atom. The fourth-order valence-electron chi connectivity index (χ4n) is 3.86. The van der Waals surface area contributed by atoms with Crippen molar-refractivity contribution in [2.45, 2.75) is 30.4 Å². The molecule has 8 heteroatoms. The number of carbonyl (C=O) groups is 3. The number of rotatable bonds is 10. The van der Waals surface area contributed by atoms with E-state index >= 15 is 0 Å². The predicted octanol–water partition coefficient (Wildman–Crippen LogP) is 7.57. The molecule has 41 heavy (non-hydrogen) atoms. The van der Waals surface area contributed by atoms with Gasteiger partial charge in [-0.05, 0) is 79.6 Å². The van der Waals surface area contributed by atoms with Crippen molar-refractivity contribution in [3.05, 3.63) is 131 Å². The standard InChI is InChI=1S/C33H30ClN3O3S/c1-3-30(33(40)35-26-18-16-25(34)17-19-26)41-28-11-7-10-27(21-28)36-32(39)29(20-23-14-12-22(2)13-15-23)37-31(38)24-8-5-4-6-9-24/h4-21,30H,3H2,1-2H3,(H,35,40)(H,36,39)(H,37,38)/b29-20-. The molecule has 0 saturated heterocycles. The lowest BCUT2D eigenvalue weighted by Crippen LogP contribution is -2.30. The normalized spacial score (nSPS) is 11.8. The number of thioether (sulfide) groups is 1. The first-order valence-corrected chi connectivity index (χ1v) is 14.4. The highest BCUT2D eigenvalue weighted by atomic mass is 35.5. The molecule has 4 rings (SSSR count). The van der Waals surface area contributed by atoms with E-state index in [9.17, 15) is 14.4 Å². The number of aryl methyl sites for hydroxylation is 1. The molecule has 0 bridgehead atoms. The summed E-state index contributed by atoms with van der Waals surface area (Å²) in [5.74, 6) is -0.980. The lowest BCUT2D eigenvalue weighted by Gasteiger charge is -2.16. The minimum absolute atomic E-state index is 0.106. The quantitative estimate of drug-likeness (QED) is 0.133. The van der Waals surface area contributed by atoms with Crippen LogP contribution in [0.4, 0.5) is 11.4 Å². The summed E-state index contributed by atoms with van der Waals surface area (Å²) in [5, 5.41) is 8.82. The molecule has 0 spiro atoms. The summed E-state index contributed by atoms with van der Waals surface area (Å²) in [6.45, 7) is 3.93. The van der Waals surface area contributed by atoms with Gasteiger partial charge < -0.3 is 16.0 Å². The average Bonchev–Trinajstić information content (AvgIpc) is 2.98. The molecule has 3 amide bonds. The van der Waals surface area contributed by atoms with Crippen LogP contribution in [0.15, 0.2) is 114 Å². The molecule has 0 aliphatic heterocycles. The van der Waals surface area contributed by atoms with Gasteiger partial charge in [0.15, 0.2) is 0 Å². The number of halogens is 1. The van der Waals surface area contributed by atoms with E-state index in [0.717, 1.165) is 16.0 Å². The van der Waals surface area contributed by atoms with Gasteiger partial charge in [0, 0.05) is 26.9 Å². The Labute approximate surface area is 249 Å². The Morgan fingerprint density at radius 1 is 0.829 bits per heavy atom. The molecule has 3 N–H and O–H groups in total. The van der Waals surface area contributed by atoms with E-state index in [1.54, 1.807) is 60.7 Å². The third-order valence-electron chi connectivity index (χ3n) is 6.06. The molecular weight excluding hydrogens is 554 g/mol. The van der Waals surface area contributed by atoms with Gasteiger partial charge in [-0.1, -0.05) is 72.6 Å². The zero-order valence-electron chi connectivity index (χ0n) is 22.7. The lowest BCUT2D eigenvalue weighted by atomic mass is 10.1. The number of carbonyl (C=O) groups excluding carboxylic acids is 3. The van der Waals surface area contributed by atoms with Gasteiger partial charge in [0.1, 0.15) is 5.70 Å². The molecule has 0 heterocycles. The summed E-state index contributed by atoms with van der Waals surface area (Å²) in [6.07, 6.45) is 2.25. The van der Waals surface area contributed by atoms with Crippen LogP contribution in [0.5, 0.6) is 0 Å². The fraction of sp³-hybridized carbons (Fsp3) is 0.121. The fourth-order valence-corrected chi connectivity index (χ4v) is 5.00. The lowest BCUT2D eigenvalue weighted by molar-refractivity contribution is -0.116. The third-order valence-corrected chi connectivity index (χ3v) is 7.67. The summed E-state index contributed by atoms with van der Waals surface area (Å²) in [4.78, 5) is 40.0. The molecule has 0 saturated carbocycles. The number of amides is 3. The van der Waals surface area contributed by atoms with E-state index in [4.69, 9.17) is 11.6 Å². The minimum atomic E-state index is -0.468. The zero-order valence-corrected chi connectivity index (χ0v) is 24.3. The maximum absolute atomic E-state index is 13.4. The molecule has 4 aromatic rings. The monoisotopic (exact) mass is 583 g/mol. The molecular formula is C33H30ClN3O3S. The van der Waals surface area contributed by atoms with E-state index in [-0.39, 0.29) is 22.8 Å². The summed E-state index contributed by atoms with van der Waals surface area (Å²) in [5.41, 5.74) is 3.62. The first-order chi connectivity index (χ1) is 19.8. The van der Waals surface area contributed by atoms with E-state index < -0.39 is 5.91 Å². The van der Waals surface area contributed by atoms with Crippen LogP contribution in [0.2, 0.25) is 5.02 Å². The Morgan fingerprint density at radius 3 is 2.22 bits per heavy atom. The van der Waals surface area contributed by atoms with E-state index in [0.29, 0.717) is 28.4 Å². The predicted molar refractivity (Wildman–Crippen MR) is 168 cm³/mol. The second-order valence-corrected chi connectivity index (χ2v) is 11.0. The number of anilines is 2. The van der Waals surface area contributed by atoms with Crippen LogP contribution in [0, 0.1) is 6.92 Å². The molecule has 6 nitrogen and oxygen atoms in total. The molecule has 208 valence electrons. The van der Waals surface area contributed by atoms with Gasteiger partial charge in [-0.25, -0.2) is 0 Å². The highest BCUT2D eigenvalue weighted by molar-refractivity contribution is 8.00. The molecule has 0 fully saturated rings. The summed E-state index contributed by atoms with van der Waals surface area (Å²) in [6, 6.07) is 30.6. The molecule has 1 atom stereocenters. The third kappa shape index (κ3) is 8.83. The smallest absolute Gasteiger partial charge is 0.272 e. The van der Waals surface area contributed by atoms with Crippen molar-refractivity contribution in [3.63, 3.8) is 0 Å². The topological polar surface area (TPSA) is 87.3 Å². The van der Waals surface area contributed by atoms with Gasteiger partial charge in [0.2, 0.25) is 5.91 Å². The maximum Gasteiger partial charge on any atom is 0.272 e. The van der Waals surface area contributed by atoms with Crippen LogP contribution in [0.25, 0.3) is 6.08 Å². The van der Waals surface area contributed by atoms with Crippen LogP contribution in [-0.4, -0.2) is 23.0 Å². The van der Waals surface area contributed by atoms with Crippen LogP contribution in [0.1, 0.15) is 34.8 Å². The molecule has 0 aliphatic rings. The largest absolute Gasteiger partial charge is 0.325 e. The molecule has 0 radical (unpaired) electrons. The number of hydrogen-bond acceptors (Lipinski definition) is 4. The van der Waals surface area contributed by atoms with Gasteiger partial charge in [-0.2, -0.15) is 0 Å². The highest BCUT2D eigenvalue weighted by Crippen LogP contribution is 2.29. The van der Waals surface area contributed by atoms with Crippen molar-refractivity contribution >= 4 is 58.5 Å². The minimum Gasteiger partial charge on any atom is -0.325 e. The van der Waals surface area contributed by atoms with Crippen molar-refractivity contribution in [1.82, 2.24) is 5.32 Å². The number of nitrogens with one attached hydrogen (secondary N) is 3. The van der Waals surface area contributed by atoms with E-state index in [2.05, 4.69) is 16.0 Å². The summed E-state index contributed by atoms with van der Waals surface area (Å²) in [7, 11) is 0. The first-order valence-electron chi connectivity index (χ1n) is 13.1. The highest BCUT2D eigenvalue weighted by Gasteiger charge is 2.19. The Bertz CT molecular complexity index is 1540. The van der Waals surface area contributed by atoms with Gasteiger partial charge >= 0.3 is 0 Å². The maximum atomic E-state index is 13.4. The SMILES string of the molecule is CCC(Sc1cccc(NC(=O)/C(=C/c2ccc(C)cc2)NC(=O)c2ccccc2)c1)C(=O)Nc1ccc(Cl)cc1. The molecule has 0 aliphatic carbocycles. The Balaban J connectivity index is 1.49. The van der Waals surface area contributed by atoms with Crippen LogP contribution in [0.3, 0.4) is 0 Å². The van der Waals surface area contributed by atoms with E-state index in [1.165, 1.54) is 11.8 Å². The second kappa shape index (κ2) is 14.3. The van der Waals surface area contributed by atoms with E-state index in [1.807, 2.05) is 62.4 Å². The van der Waals surface area contributed by atoms with Gasteiger partial charge in [-0.3, -0.25) is 14.4 Å². The summed E-state index contributed by atoms with van der Waals surface area (Å²) >= 11 is 7.35. The van der Waals surface area contributed by atoms with Crippen LogP contribution >= 0.6 is 23.4 Å². The number of benzene rings is 4. The average molecular weight is 584 g/mol. The summed E-state index contributed by atoms with van der Waals surface area (Å²) < 4.78 is 0. The Hall–Kier alpha value is -4.33. The molecule has 0 aromatic heterocycles. The van der Waals surface area contributed by atoms with Crippen LogP contribution in [-0.2, 0) is 9.59 Å². The van der Waals surface area contributed by atoms with Crippen molar-refractivity contribution in [2.24, 2.45) is 0 Å². The van der Waals surface area contributed by atoms with Gasteiger partial charge in [-0.15, -0.1) is 11.8 Å². The molecule has 4 aromatic carbocycles. The van der Waals surface area contributed by atoms with Crippen molar-refractivity contribution in [1.29, 1.82) is 0 Å². The van der Waals surface area contributed by atoms with Crippen molar-refractivity contribution < 1.29 is 14.4 Å². The zero-order chi connectivity index (χ0) is 29.2. The van der Waals surface area contributed by atoms with Crippen molar-refractivity contribution in [3.8, 4) is 0 Å². The Kier molecular flexibility index (Phi) is 10.4.